The second-order valence-corrected chi connectivity index (χ2v) is 11.2. The lowest BCUT2D eigenvalue weighted by molar-refractivity contribution is 0.336. The van der Waals surface area contributed by atoms with E-state index in [2.05, 4.69) is 10.1 Å². The lowest BCUT2D eigenvalue weighted by Crippen LogP contribution is -2.44. The third-order valence-corrected chi connectivity index (χ3v) is 7.72. The Morgan fingerprint density at radius 3 is 2.26 bits per heavy atom. The molecule has 0 fully saturated rings. The van der Waals surface area contributed by atoms with Crippen molar-refractivity contribution >= 4 is 41.9 Å². The molecule has 0 aliphatic carbocycles. The molecule has 2 heterocycles. The number of aromatic nitrogens is 3. The number of hydrogen-bond donors (Lipinski definition) is 3. The van der Waals surface area contributed by atoms with Gasteiger partial charge in [-0.1, -0.05) is 53.5 Å². The third kappa shape index (κ3) is 4.71. The van der Waals surface area contributed by atoms with Crippen molar-refractivity contribution in [2.75, 3.05) is 0 Å². The first-order chi connectivity index (χ1) is 18.0. The number of fused-ring (bicyclic) bond motifs is 1. The molecular weight excluding hydrogens is 546 g/mol. The summed E-state index contributed by atoms with van der Waals surface area (Å²) in [6.45, 7) is 0. The van der Waals surface area contributed by atoms with Crippen LogP contribution in [0, 0.1) is 0 Å². The minimum Gasteiger partial charge on any atom is -0.335 e. The summed E-state index contributed by atoms with van der Waals surface area (Å²) in [5, 5.41) is 4.28. The molecule has 0 amide bonds. The molecule has 0 aliphatic heterocycles. The van der Waals surface area contributed by atoms with Gasteiger partial charge in [0.25, 0.3) is 5.56 Å². The lowest BCUT2D eigenvalue weighted by Gasteiger charge is -2.36. The average molecular weight is 569 g/mol. The maximum Gasteiger partial charge on any atom is 0.401 e. The first-order valence-corrected chi connectivity index (χ1v) is 13.8. The van der Waals surface area contributed by atoms with Gasteiger partial charge in [-0.05, 0) is 58.7 Å². The number of halogens is 2. The highest BCUT2D eigenvalue weighted by atomic mass is 35.5. The molecule has 11 heteroatoms. The molecule has 2 aromatic heterocycles. The summed E-state index contributed by atoms with van der Waals surface area (Å²) in [6, 6.07) is 20.8. The van der Waals surface area contributed by atoms with E-state index in [1.54, 1.807) is 85.8 Å². The maximum absolute atomic E-state index is 12.9. The summed E-state index contributed by atoms with van der Waals surface area (Å²) in [4.78, 5) is 37.6. The van der Waals surface area contributed by atoms with Gasteiger partial charge in [-0.15, -0.1) is 0 Å². The van der Waals surface area contributed by atoms with Crippen LogP contribution in [-0.4, -0.2) is 23.9 Å². The fraction of sp³-hybridized carbons (Fsp3) is 0.111. The molecule has 194 valence electrons. The molecule has 8 nitrogen and oxygen atoms in total. The largest absolute Gasteiger partial charge is 0.401 e. The number of rotatable bonds is 6. The van der Waals surface area contributed by atoms with Crippen molar-refractivity contribution in [2.24, 2.45) is 14.1 Å². The fourth-order valence-corrected chi connectivity index (χ4v) is 6.00. The lowest BCUT2D eigenvalue weighted by atomic mass is 9.80. The van der Waals surface area contributed by atoms with Crippen molar-refractivity contribution in [3.8, 4) is 11.1 Å². The van der Waals surface area contributed by atoms with E-state index in [0.717, 1.165) is 5.56 Å². The van der Waals surface area contributed by atoms with Crippen molar-refractivity contribution in [3.05, 3.63) is 123 Å². The third-order valence-electron chi connectivity index (χ3n) is 6.61. The Labute approximate surface area is 228 Å². The standard InChI is InChI=1S/C27H23Cl2N4O4P/c1-32-16-30-15-25(32)27(31-38(35,36)37,18-6-9-20(28)10-7-18)19-8-11-24-23(13-19)22(14-26(34)33(24)2)17-4-3-5-21(29)12-17/h3-16H,1-2H3,(H3,31,35,36,37)/t27-/m1/s1. The minimum atomic E-state index is -4.84. The van der Waals surface area contributed by atoms with Crippen LogP contribution in [0.2, 0.25) is 10.0 Å². The molecule has 5 aromatic rings. The molecular formula is C27H23Cl2N4O4P. The molecule has 0 saturated carbocycles. The SMILES string of the molecule is Cn1cncc1[C@@](NP(=O)(O)O)(c1ccc(Cl)cc1)c1ccc2c(c1)c(-c1cccc(Cl)c1)cc(=O)n2C. The number of pyridine rings is 1. The number of benzene rings is 3. The van der Waals surface area contributed by atoms with E-state index in [-0.39, 0.29) is 5.56 Å². The van der Waals surface area contributed by atoms with Crippen LogP contribution >= 0.6 is 30.9 Å². The van der Waals surface area contributed by atoms with Crippen LogP contribution in [0.1, 0.15) is 16.8 Å². The molecule has 3 N–H and O–H groups in total. The van der Waals surface area contributed by atoms with Gasteiger partial charge in [-0.3, -0.25) is 4.79 Å². The molecule has 1 atom stereocenters. The number of imidazole rings is 1. The number of nitrogens with zero attached hydrogens (tertiary/aromatic N) is 3. The second-order valence-electron chi connectivity index (χ2n) is 9.00. The number of hydrogen-bond acceptors (Lipinski definition) is 3. The summed E-state index contributed by atoms with van der Waals surface area (Å²) < 4.78 is 15.8. The summed E-state index contributed by atoms with van der Waals surface area (Å²) >= 11 is 12.4. The molecule has 0 saturated heterocycles. The van der Waals surface area contributed by atoms with Gasteiger partial charge < -0.3 is 18.9 Å². The monoisotopic (exact) mass is 568 g/mol. The molecule has 0 aliphatic rings. The van der Waals surface area contributed by atoms with E-state index in [1.165, 1.54) is 10.6 Å². The van der Waals surface area contributed by atoms with E-state index >= 15 is 0 Å². The average Bonchev–Trinajstić information content (AvgIpc) is 3.30. The van der Waals surface area contributed by atoms with Gasteiger partial charge >= 0.3 is 7.75 Å². The predicted octanol–water partition coefficient (Wildman–Crippen LogP) is 5.22. The van der Waals surface area contributed by atoms with Gasteiger partial charge in [0.05, 0.1) is 23.7 Å². The van der Waals surface area contributed by atoms with E-state index in [4.69, 9.17) is 23.2 Å². The highest BCUT2D eigenvalue weighted by Crippen LogP contribution is 2.46. The Bertz CT molecular complexity index is 1780. The van der Waals surface area contributed by atoms with Gasteiger partial charge in [0.15, 0.2) is 0 Å². The highest BCUT2D eigenvalue weighted by molar-refractivity contribution is 7.49. The van der Waals surface area contributed by atoms with Crippen LogP contribution in [0.15, 0.2) is 90.1 Å². The minimum absolute atomic E-state index is 0.204. The van der Waals surface area contributed by atoms with Crippen molar-refractivity contribution in [1.82, 2.24) is 19.2 Å². The Hall–Kier alpha value is -3.23. The second kappa shape index (κ2) is 9.82. The normalized spacial score (nSPS) is 13.5. The smallest absolute Gasteiger partial charge is 0.335 e. The van der Waals surface area contributed by atoms with Crippen LogP contribution in [0.3, 0.4) is 0 Å². The number of aryl methyl sites for hydroxylation is 2. The van der Waals surface area contributed by atoms with Crippen molar-refractivity contribution in [2.45, 2.75) is 5.54 Å². The molecule has 38 heavy (non-hydrogen) atoms. The van der Waals surface area contributed by atoms with E-state index < -0.39 is 13.3 Å². The van der Waals surface area contributed by atoms with Crippen molar-refractivity contribution in [3.63, 3.8) is 0 Å². The maximum atomic E-state index is 12.9. The molecule has 0 spiro atoms. The van der Waals surface area contributed by atoms with Crippen molar-refractivity contribution < 1.29 is 14.4 Å². The van der Waals surface area contributed by atoms with Gasteiger partial charge in [0, 0.05) is 35.6 Å². The Morgan fingerprint density at radius 1 is 0.921 bits per heavy atom. The van der Waals surface area contributed by atoms with Gasteiger partial charge in [0.1, 0.15) is 5.54 Å². The summed E-state index contributed by atoms with van der Waals surface area (Å²) in [5.74, 6) is 0. The highest BCUT2D eigenvalue weighted by Gasteiger charge is 2.43. The van der Waals surface area contributed by atoms with Gasteiger partial charge in [-0.2, -0.15) is 0 Å². The quantitative estimate of drug-likeness (QED) is 0.242. The van der Waals surface area contributed by atoms with Crippen LogP contribution in [0.4, 0.5) is 0 Å². The Kier molecular flexibility index (Phi) is 6.82. The van der Waals surface area contributed by atoms with E-state index in [9.17, 15) is 19.1 Å². The Morgan fingerprint density at radius 2 is 1.63 bits per heavy atom. The zero-order chi connectivity index (χ0) is 27.2. The van der Waals surface area contributed by atoms with Crippen LogP contribution in [0.25, 0.3) is 22.0 Å². The van der Waals surface area contributed by atoms with E-state index in [0.29, 0.717) is 43.3 Å². The molecule has 3 aromatic carbocycles. The zero-order valence-electron chi connectivity index (χ0n) is 20.3. The molecule has 0 radical (unpaired) electrons. The number of nitrogens with one attached hydrogen (secondary N) is 1. The summed E-state index contributed by atoms with van der Waals surface area (Å²) in [7, 11) is -1.42. The Balaban J connectivity index is 1.91. The summed E-state index contributed by atoms with van der Waals surface area (Å²) in [5.41, 5.74) is 1.80. The van der Waals surface area contributed by atoms with Crippen LogP contribution < -0.4 is 10.6 Å². The predicted molar refractivity (Wildman–Crippen MR) is 149 cm³/mol. The topological polar surface area (TPSA) is 109 Å². The van der Waals surface area contributed by atoms with Gasteiger partial charge in [-0.25, -0.2) is 14.6 Å². The fourth-order valence-electron chi connectivity index (χ4n) is 4.87. The summed E-state index contributed by atoms with van der Waals surface area (Å²) in [6.07, 6.45) is 3.11. The first-order valence-electron chi connectivity index (χ1n) is 11.5. The van der Waals surface area contributed by atoms with E-state index in [1.807, 2.05) is 12.1 Å². The zero-order valence-corrected chi connectivity index (χ0v) is 22.7. The molecule has 5 rings (SSSR count). The van der Waals surface area contributed by atoms with Crippen molar-refractivity contribution in [1.29, 1.82) is 0 Å². The van der Waals surface area contributed by atoms with Gasteiger partial charge in [0.2, 0.25) is 0 Å². The molecule has 0 unspecified atom stereocenters. The van der Waals surface area contributed by atoms with Crippen LogP contribution in [-0.2, 0) is 24.2 Å². The molecule has 0 bridgehead atoms. The first kappa shape index (κ1) is 26.4. The van der Waals surface area contributed by atoms with Crippen LogP contribution in [0.5, 0.6) is 0 Å².